The van der Waals surface area contributed by atoms with Crippen LogP contribution in [0.3, 0.4) is 0 Å². The molecule has 0 atom stereocenters. The van der Waals surface area contributed by atoms with Gasteiger partial charge < -0.3 is 14.6 Å². The van der Waals surface area contributed by atoms with Gasteiger partial charge in [-0.1, -0.05) is 19.3 Å². The van der Waals surface area contributed by atoms with E-state index in [9.17, 15) is 9.90 Å². The second kappa shape index (κ2) is 6.21. The van der Waals surface area contributed by atoms with Gasteiger partial charge in [0.2, 0.25) is 0 Å². The first kappa shape index (κ1) is 13.5. The Morgan fingerprint density at radius 3 is 2.06 bits per heavy atom. The van der Waals surface area contributed by atoms with Crippen molar-refractivity contribution in [1.29, 1.82) is 0 Å². The topological polar surface area (TPSA) is 55.8 Å². The van der Waals surface area contributed by atoms with Crippen molar-refractivity contribution < 1.29 is 19.4 Å². The van der Waals surface area contributed by atoms with E-state index in [1.54, 1.807) is 0 Å². The van der Waals surface area contributed by atoms with E-state index in [-0.39, 0.29) is 0 Å². The van der Waals surface area contributed by atoms with E-state index in [0.717, 1.165) is 19.3 Å². The first-order chi connectivity index (χ1) is 7.67. The molecule has 0 saturated heterocycles. The summed E-state index contributed by atoms with van der Waals surface area (Å²) >= 11 is 0. The maximum absolute atomic E-state index is 11.5. The lowest BCUT2D eigenvalue weighted by Gasteiger charge is -2.38. The molecule has 1 fully saturated rings. The van der Waals surface area contributed by atoms with Crippen molar-refractivity contribution in [3.8, 4) is 0 Å². The molecule has 0 bridgehead atoms. The third-order valence-electron chi connectivity index (χ3n) is 3.26. The second-order valence-electron chi connectivity index (χ2n) is 4.26. The summed E-state index contributed by atoms with van der Waals surface area (Å²) in [6.07, 6.45) is 3.73. The lowest BCUT2D eigenvalue weighted by atomic mass is 9.73. The summed E-state index contributed by atoms with van der Waals surface area (Å²) < 4.78 is 11.0. The largest absolute Gasteiger partial charge is 0.481 e. The van der Waals surface area contributed by atoms with Gasteiger partial charge in [-0.05, 0) is 26.7 Å². The molecule has 0 radical (unpaired) electrons. The van der Waals surface area contributed by atoms with Gasteiger partial charge in [0.1, 0.15) is 5.41 Å². The van der Waals surface area contributed by atoms with Crippen LogP contribution in [0.4, 0.5) is 0 Å². The molecule has 0 unspecified atom stereocenters. The van der Waals surface area contributed by atoms with Crippen molar-refractivity contribution in [1.82, 2.24) is 0 Å². The molecule has 4 heteroatoms. The smallest absolute Gasteiger partial charge is 0.314 e. The Hall–Kier alpha value is -0.610. The Kier molecular flexibility index (Phi) is 5.22. The molecule has 1 aliphatic rings. The number of aliphatic carboxylic acids is 1. The van der Waals surface area contributed by atoms with E-state index in [1.165, 1.54) is 0 Å². The zero-order valence-corrected chi connectivity index (χ0v) is 10.2. The molecule has 0 aromatic carbocycles. The van der Waals surface area contributed by atoms with E-state index >= 15 is 0 Å². The van der Waals surface area contributed by atoms with E-state index in [2.05, 4.69) is 0 Å². The summed E-state index contributed by atoms with van der Waals surface area (Å²) in [5.41, 5.74) is -0.829. The summed E-state index contributed by atoms with van der Waals surface area (Å²) in [5.74, 6) is -0.779. The molecule has 0 aliphatic heterocycles. The van der Waals surface area contributed by atoms with Crippen LogP contribution in [0.25, 0.3) is 0 Å². The SMILES string of the molecule is CCOC(OCC)C1(C(=O)O)CCCCC1. The number of carboxylic acids is 1. The summed E-state index contributed by atoms with van der Waals surface area (Å²) in [6.45, 7) is 4.70. The number of rotatable bonds is 6. The fourth-order valence-electron chi connectivity index (χ4n) is 2.40. The Morgan fingerprint density at radius 2 is 1.69 bits per heavy atom. The number of carbonyl (C=O) groups is 1. The Balaban J connectivity index is 2.82. The van der Waals surface area contributed by atoms with Gasteiger partial charge in [-0.15, -0.1) is 0 Å². The van der Waals surface area contributed by atoms with Crippen LogP contribution >= 0.6 is 0 Å². The molecule has 94 valence electrons. The van der Waals surface area contributed by atoms with E-state index in [0.29, 0.717) is 26.1 Å². The third-order valence-corrected chi connectivity index (χ3v) is 3.26. The van der Waals surface area contributed by atoms with Gasteiger partial charge in [-0.25, -0.2) is 0 Å². The fraction of sp³-hybridized carbons (Fsp3) is 0.917. The molecular weight excluding hydrogens is 208 g/mol. The van der Waals surface area contributed by atoms with E-state index < -0.39 is 17.7 Å². The third kappa shape index (κ3) is 2.74. The Morgan fingerprint density at radius 1 is 1.19 bits per heavy atom. The van der Waals surface area contributed by atoms with Crippen molar-refractivity contribution in [2.45, 2.75) is 52.2 Å². The molecule has 0 amide bonds. The van der Waals surface area contributed by atoms with Crippen molar-refractivity contribution in [2.75, 3.05) is 13.2 Å². The Labute approximate surface area is 96.9 Å². The standard InChI is InChI=1S/C12H22O4/c1-3-15-11(16-4-2)12(10(13)14)8-6-5-7-9-12/h11H,3-9H2,1-2H3,(H,13,14). The Bertz CT molecular complexity index is 215. The van der Waals surface area contributed by atoms with Crippen LogP contribution in [-0.2, 0) is 14.3 Å². The minimum atomic E-state index is -0.829. The highest BCUT2D eigenvalue weighted by atomic mass is 16.7. The van der Waals surface area contributed by atoms with Gasteiger partial charge >= 0.3 is 5.97 Å². The van der Waals surface area contributed by atoms with E-state index in [4.69, 9.17) is 9.47 Å². The van der Waals surface area contributed by atoms with Crippen molar-refractivity contribution in [2.24, 2.45) is 5.41 Å². The number of carboxylic acid groups (broad SMARTS) is 1. The van der Waals surface area contributed by atoms with Crippen LogP contribution in [-0.4, -0.2) is 30.6 Å². The molecule has 1 saturated carbocycles. The van der Waals surface area contributed by atoms with Crippen LogP contribution in [0.15, 0.2) is 0 Å². The molecule has 0 aromatic heterocycles. The zero-order valence-electron chi connectivity index (χ0n) is 10.2. The fourth-order valence-corrected chi connectivity index (χ4v) is 2.40. The molecular formula is C12H22O4. The van der Waals surface area contributed by atoms with Crippen LogP contribution < -0.4 is 0 Å². The van der Waals surface area contributed by atoms with Gasteiger partial charge in [0.15, 0.2) is 6.29 Å². The maximum Gasteiger partial charge on any atom is 0.314 e. The van der Waals surface area contributed by atoms with Crippen LogP contribution in [0, 0.1) is 5.41 Å². The molecule has 0 aromatic rings. The highest BCUT2D eigenvalue weighted by molar-refractivity contribution is 5.75. The summed E-state index contributed by atoms with van der Waals surface area (Å²) in [6, 6.07) is 0. The predicted octanol–water partition coefficient (Wildman–Crippen LogP) is 2.42. The minimum Gasteiger partial charge on any atom is -0.481 e. The average molecular weight is 230 g/mol. The number of hydrogen-bond donors (Lipinski definition) is 1. The summed E-state index contributed by atoms with van der Waals surface area (Å²) in [4.78, 5) is 11.5. The molecule has 0 spiro atoms. The highest BCUT2D eigenvalue weighted by Gasteiger charge is 2.48. The van der Waals surface area contributed by atoms with Crippen LogP contribution in [0.2, 0.25) is 0 Å². The predicted molar refractivity (Wildman–Crippen MR) is 60.2 cm³/mol. The average Bonchev–Trinajstić information content (AvgIpc) is 2.29. The second-order valence-corrected chi connectivity index (χ2v) is 4.26. The number of ether oxygens (including phenoxy) is 2. The summed E-state index contributed by atoms with van der Waals surface area (Å²) in [7, 11) is 0. The first-order valence-corrected chi connectivity index (χ1v) is 6.14. The van der Waals surface area contributed by atoms with Crippen LogP contribution in [0.5, 0.6) is 0 Å². The molecule has 0 heterocycles. The summed E-state index contributed by atoms with van der Waals surface area (Å²) in [5, 5.41) is 9.45. The first-order valence-electron chi connectivity index (χ1n) is 6.14. The normalized spacial score (nSPS) is 19.9. The molecule has 4 nitrogen and oxygen atoms in total. The quantitative estimate of drug-likeness (QED) is 0.712. The lowest BCUT2D eigenvalue weighted by molar-refractivity contribution is -0.221. The monoisotopic (exact) mass is 230 g/mol. The molecule has 1 rings (SSSR count). The van der Waals surface area contributed by atoms with Gasteiger partial charge in [-0.2, -0.15) is 0 Å². The number of hydrogen-bond acceptors (Lipinski definition) is 3. The molecule has 1 aliphatic carbocycles. The van der Waals surface area contributed by atoms with E-state index in [1.807, 2.05) is 13.8 Å². The van der Waals surface area contributed by atoms with Crippen molar-refractivity contribution >= 4 is 5.97 Å². The molecule has 1 N–H and O–H groups in total. The van der Waals surface area contributed by atoms with Crippen molar-refractivity contribution in [3.63, 3.8) is 0 Å². The zero-order chi connectivity index (χ0) is 12.0. The molecule has 16 heavy (non-hydrogen) atoms. The van der Waals surface area contributed by atoms with Gasteiger partial charge in [-0.3, -0.25) is 4.79 Å². The van der Waals surface area contributed by atoms with Crippen molar-refractivity contribution in [3.05, 3.63) is 0 Å². The maximum atomic E-state index is 11.5. The van der Waals surface area contributed by atoms with Gasteiger partial charge in [0.05, 0.1) is 0 Å². The van der Waals surface area contributed by atoms with Gasteiger partial charge in [0.25, 0.3) is 0 Å². The van der Waals surface area contributed by atoms with Crippen LogP contribution in [0.1, 0.15) is 46.0 Å². The minimum absolute atomic E-state index is 0.486. The van der Waals surface area contributed by atoms with Gasteiger partial charge in [0, 0.05) is 13.2 Å². The highest BCUT2D eigenvalue weighted by Crippen LogP contribution is 2.41. The lowest BCUT2D eigenvalue weighted by Crippen LogP contribution is -2.47.